The number of hydrogen-bond donors (Lipinski definition) is 1. The van der Waals surface area contributed by atoms with E-state index in [1.807, 2.05) is 7.05 Å². The van der Waals surface area contributed by atoms with Crippen LogP contribution < -0.4 is 5.32 Å². The average molecular weight is 182 g/mol. The molecule has 1 rings (SSSR count). The van der Waals surface area contributed by atoms with Gasteiger partial charge in [0, 0.05) is 19.6 Å². The van der Waals surface area contributed by atoms with Gasteiger partial charge in [0.05, 0.1) is 0 Å². The molecule has 0 spiro atoms. The Morgan fingerprint density at radius 2 is 2.38 bits per heavy atom. The highest BCUT2D eigenvalue weighted by Crippen LogP contribution is 2.10. The first-order valence-electron chi connectivity index (χ1n) is 5.25. The third-order valence-corrected chi connectivity index (χ3v) is 2.53. The van der Waals surface area contributed by atoms with Crippen LogP contribution in [0.25, 0.3) is 0 Å². The van der Waals surface area contributed by atoms with E-state index in [0.717, 1.165) is 12.5 Å². The van der Waals surface area contributed by atoms with Gasteiger partial charge >= 0.3 is 0 Å². The molecule has 0 aromatic rings. The van der Waals surface area contributed by atoms with Crippen LogP contribution in [0.2, 0.25) is 0 Å². The van der Waals surface area contributed by atoms with Gasteiger partial charge in [-0.3, -0.25) is 4.90 Å². The summed E-state index contributed by atoms with van der Waals surface area (Å²) in [5.74, 6) is 0.760. The van der Waals surface area contributed by atoms with E-state index in [4.69, 9.17) is 0 Å². The van der Waals surface area contributed by atoms with Crippen molar-refractivity contribution in [3.05, 3.63) is 11.6 Å². The van der Waals surface area contributed by atoms with Crippen LogP contribution in [0.5, 0.6) is 0 Å². The Balaban J connectivity index is 2.25. The minimum Gasteiger partial charge on any atom is -0.319 e. The summed E-state index contributed by atoms with van der Waals surface area (Å²) in [6, 6.07) is 0. The Morgan fingerprint density at radius 3 is 3.00 bits per heavy atom. The Labute approximate surface area is 82.0 Å². The van der Waals surface area contributed by atoms with Crippen LogP contribution in [0.3, 0.4) is 0 Å². The fourth-order valence-corrected chi connectivity index (χ4v) is 2.00. The van der Waals surface area contributed by atoms with Crippen LogP contribution in [0.1, 0.15) is 20.3 Å². The van der Waals surface area contributed by atoms with Crippen LogP contribution >= 0.6 is 0 Å². The van der Waals surface area contributed by atoms with E-state index in [1.165, 1.54) is 31.6 Å². The summed E-state index contributed by atoms with van der Waals surface area (Å²) in [6.45, 7) is 9.31. The molecule has 2 heteroatoms. The lowest BCUT2D eigenvalue weighted by Crippen LogP contribution is -2.35. The quantitative estimate of drug-likeness (QED) is 0.663. The van der Waals surface area contributed by atoms with E-state index < -0.39 is 0 Å². The van der Waals surface area contributed by atoms with Crippen molar-refractivity contribution < 1.29 is 0 Å². The minimum atomic E-state index is 0.760. The van der Waals surface area contributed by atoms with Gasteiger partial charge in [-0.2, -0.15) is 0 Å². The van der Waals surface area contributed by atoms with Gasteiger partial charge < -0.3 is 5.32 Å². The first-order chi connectivity index (χ1) is 6.22. The second kappa shape index (κ2) is 5.40. The van der Waals surface area contributed by atoms with Gasteiger partial charge in [-0.25, -0.2) is 0 Å². The number of hydrogen-bond acceptors (Lipinski definition) is 2. The van der Waals surface area contributed by atoms with Crippen LogP contribution in [0.4, 0.5) is 0 Å². The van der Waals surface area contributed by atoms with E-state index in [2.05, 4.69) is 30.1 Å². The molecule has 0 bridgehead atoms. The highest BCUT2D eigenvalue weighted by atomic mass is 15.1. The molecule has 0 radical (unpaired) electrons. The smallest absolute Gasteiger partial charge is 0.0190 e. The molecule has 1 unspecified atom stereocenters. The second-order valence-electron chi connectivity index (χ2n) is 4.24. The molecular weight excluding hydrogens is 160 g/mol. The summed E-state index contributed by atoms with van der Waals surface area (Å²) >= 11 is 0. The van der Waals surface area contributed by atoms with Gasteiger partial charge in [-0.1, -0.05) is 18.6 Å². The van der Waals surface area contributed by atoms with Crippen molar-refractivity contribution in [2.24, 2.45) is 5.92 Å². The average Bonchev–Trinajstić information content (AvgIpc) is 2.04. The third-order valence-electron chi connectivity index (χ3n) is 2.53. The van der Waals surface area contributed by atoms with Crippen LogP contribution in [-0.2, 0) is 0 Å². The Hall–Kier alpha value is -0.340. The molecule has 1 aliphatic rings. The van der Waals surface area contributed by atoms with E-state index in [-0.39, 0.29) is 0 Å². The lowest BCUT2D eigenvalue weighted by Gasteiger charge is -2.28. The third kappa shape index (κ3) is 3.92. The molecule has 0 saturated heterocycles. The normalized spacial score (nSPS) is 21.3. The summed E-state index contributed by atoms with van der Waals surface area (Å²) in [5, 5.41) is 3.23. The van der Waals surface area contributed by atoms with Gasteiger partial charge in [-0.15, -0.1) is 0 Å². The largest absolute Gasteiger partial charge is 0.319 e. The first kappa shape index (κ1) is 10.7. The van der Waals surface area contributed by atoms with Crippen molar-refractivity contribution in [1.82, 2.24) is 10.2 Å². The molecule has 1 heterocycles. The predicted molar refractivity (Wildman–Crippen MR) is 57.9 cm³/mol. The number of rotatable bonds is 4. The molecule has 1 N–H and O–H groups in total. The Kier molecular flexibility index (Phi) is 4.46. The monoisotopic (exact) mass is 182 g/mol. The summed E-state index contributed by atoms with van der Waals surface area (Å²) in [5.41, 5.74) is 1.53. The fourth-order valence-electron chi connectivity index (χ4n) is 2.00. The van der Waals surface area contributed by atoms with Crippen LogP contribution in [0.15, 0.2) is 11.6 Å². The summed E-state index contributed by atoms with van der Waals surface area (Å²) in [6.07, 6.45) is 3.59. The molecule has 2 nitrogen and oxygen atoms in total. The highest BCUT2D eigenvalue weighted by molar-refractivity contribution is 5.04. The summed E-state index contributed by atoms with van der Waals surface area (Å²) in [7, 11) is 2.03. The Morgan fingerprint density at radius 1 is 1.62 bits per heavy atom. The molecule has 0 aliphatic carbocycles. The number of nitrogens with one attached hydrogen (secondary N) is 1. The fraction of sp³-hybridized carbons (Fsp3) is 0.818. The van der Waals surface area contributed by atoms with E-state index in [0.29, 0.717) is 0 Å². The zero-order chi connectivity index (χ0) is 9.68. The Bertz CT molecular complexity index is 175. The lowest BCUT2D eigenvalue weighted by molar-refractivity contribution is 0.249. The zero-order valence-electron chi connectivity index (χ0n) is 9.14. The van der Waals surface area contributed by atoms with Gasteiger partial charge in [-0.05, 0) is 32.9 Å². The van der Waals surface area contributed by atoms with E-state index >= 15 is 0 Å². The van der Waals surface area contributed by atoms with Crippen molar-refractivity contribution in [3.8, 4) is 0 Å². The number of nitrogens with zero attached hydrogens (tertiary/aromatic N) is 1. The lowest BCUT2D eigenvalue weighted by atomic mass is 10.1. The van der Waals surface area contributed by atoms with Gasteiger partial charge in [0.15, 0.2) is 0 Å². The molecular formula is C11H22N2. The maximum absolute atomic E-state index is 3.23. The van der Waals surface area contributed by atoms with Crippen molar-refractivity contribution >= 4 is 0 Å². The molecule has 1 aliphatic heterocycles. The summed E-state index contributed by atoms with van der Waals surface area (Å²) in [4.78, 5) is 2.55. The molecule has 0 aromatic carbocycles. The molecule has 13 heavy (non-hydrogen) atoms. The van der Waals surface area contributed by atoms with E-state index in [1.54, 1.807) is 0 Å². The first-order valence-corrected chi connectivity index (χ1v) is 5.25. The van der Waals surface area contributed by atoms with Crippen molar-refractivity contribution in [3.63, 3.8) is 0 Å². The van der Waals surface area contributed by atoms with Gasteiger partial charge in [0.25, 0.3) is 0 Å². The molecule has 76 valence electrons. The van der Waals surface area contributed by atoms with Crippen molar-refractivity contribution in [1.29, 1.82) is 0 Å². The second-order valence-corrected chi connectivity index (χ2v) is 4.24. The molecule has 0 aromatic heterocycles. The standard InChI is InChI=1S/C11H22N2/c1-10-5-4-6-13(8-10)9-11(2)7-12-3/h5,11-12H,4,6-9H2,1-3H3. The van der Waals surface area contributed by atoms with Gasteiger partial charge in [0.1, 0.15) is 0 Å². The summed E-state index contributed by atoms with van der Waals surface area (Å²) < 4.78 is 0. The maximum atomic E-state index is 3.23. The van der Waals surface area contributed by atoms with Crippen LogP contribution in [-0.4, -0.2) is 38.1 Å². The molecule has 0 fully saturated rings. The topological polar surface area (TPSA) is 15.3 Å². The minimum absolute atomic E-state index is 0.760. The zero-order valence-corrected chi connectivity index (χ0v) is 9.14. The maximum Gasteiger partial charge on any atom is 0.0190 e. The highest BCUT2D eigenvalue weighted by Gasteiger charge is 2.12. The predicted octanol–water partition coefficient (Wildman–Crippen LogP) is 1.49. The molecule has 0 amide bonds. The van der Waals surface area contributed by atoms with Crippen molar-refractivity contribution in [2.75, 3.05) is 33.2 Å². The SMILES string of the molecule is CNCC(C)CN1CCC=C(C)C1. The van der Waals surface area contributed by atoms with Gasteiger partial charge in [0.2, 0.25) is 0 Å². The van der Waals surface area contributed by atoms with Crippen molar-refractivity contribution in [2.45, 2.75) is 20.3 Å². The van der Waals surface area contributed by atoms with E-state index in [9.17, 15) is 0 Å². The van der Waals surface area contributed by atoms with Crippen LogP contribution in [0, 0.1) is 5.92 Å². The molecule has 0 saturated carbocycles. The molecule has 1 atom stereocenters.